The summed E-state index contributed by atoms with van der Waals surface area (Å²) < 4.78 is 10.3. The summed E-state index contributed by atoms with van der Waals surface area (Å²) in [5.41, 5.74) is 8.13. The maximum atomic E-state index is 11.3. The lowest BCUT2D eigenvalue weighted by Crippen LogP contribution is -2.02. The van der Waals surface area contributed by atoms with Crippen LogP contribution in [0, 0.1) is 0 Å². The molecule has 0 unspecified atom stereocenters. The fourth-order valence-electron chi connectivity index (χ4n) is 1.78. The van der Waals surface area contributed by atoms with Crippen molar-refractivity contribution < 1.29 is 14.3 Å². The highest BCUT2D eigenvalue weighted by atomic mass is 16.5. The van der Waals surface area contributed by atoms with Gasteiger partial charge in [-0.05, 0) is 35.4 Å². The van der Waals surface area contributed by atoms with Crippen LogP contribution < -0.4 is 10.5 Å². The molecule has 20 heavy (non-hydrogen) atoms. The van der Waals surface area contributed by atoms with Crippen LogP contribution in [0.15, 0.2) is 48.5 Å². The summed E-state index contributed by atoms with van der Waals surface area (Å²) in [6.07, 6.45) is 0. The summed E-state index contributed by atoms with van der Waals surface area (Å²) in [6, 6.07) is 14.8. The van der Waals surface area contributed by atoms with Gasteiger partial charge in [-0.3, -0.25) is 0 Å². The molecule has 2 aromatic carbocycles. The Hall–Kier alpha value is -2.33. The van der Waals surface area contributed by atoms with Gasteiger partial charge in [0.15, 0.2) is 0 Å². The van der Waals surface area contributed by atoms with Crippen molar-refractivity contribution in [3.63, 3.8) is 0 Å². The number of hydrogen-bond acceptors (Lipinski definition) is 4. The minimum absolute atomic E-state index is 0.340. The second kappa shape index (κ2) is 6.73. The standard InChI is InChI=1S/C16H17NO3/c1-19-16(18)14-7-5-12(6-8-14)11-20-15-4-2-3-13(9-15)10-17/h2-9H,10-11,17H2,1H3. The minimum atomic E-state index is -0.340. The van der Waals surface area contributed by atoms with Crippen molar-refractivity contribution in [2.24, 2.45) is 5.73 Å². The van der Waals surface area contributed by atoms with Crippen molar-refractivity contribution in [3.8, 4) is 5.75 Å². The van der Waals surface area contributed by atoms with Gasteiger partial charge in [-0.2, -0.15) is 0 Å². The summed E-state index contributed by atoms with van der Waals surface area (Å²) in [4.78, 5) is 11.3. The Kier molecular flexibility index (Phi) is 4.74. The number of methoxy groups -OCH3 is 1. The molecule has 0 saturated heterocycles. The highest BCUT2D eigenvalue weighted by molar-refractivity contribution is 5.89. The molecule has 0 bridgehead atoms. The van der Waals surface area contributed by atoms with Crippen LogP contribution in [0.5, 0.6) is 5.75 Å². The largest absolute Gasteiger partial charge is 0.489 e. The van der Waals surface area contributed by atoms with E-state index in [1.807, 2.05) is 36.4 Å². The second-order valence-corrected chi connectivity index (χ2v) is 4.33. The third kappa shape index (κ3) is 3.59. The fraction of sp³-hybridized carbons (Fsp3) is 0.188. The first-order valence-electron chi connectivity index (χ1n) is 6.32. The molecule has 2 aromatic rings. The number of rotatable bonds is 5. The molecule has 4 nitrogen and oxygen atoms in total. The number of ether oxygens (including phenoxy) is 2. The molecule has 0 aliphatic rings. The van der Waals surface area contributed by atoms with Gasteiger partial charge in [0.05, 0.1) is 12.7 Å². The minimum Gasteiger partial charge on any atom is -0.489 e. The van der Waals surface area contributed by atoms with Gasteiger partial charge in [0.2, 0.25) is 0 Å². The van der Waals surface area contributed by atoms with Crippen LogP contribution in [-0.2, 0) is 17.9 Å². The Morgan fingerprint density at radius 2 is 1.85 bits per heavy atom. The van der Waals surface area contributed by atoms with E-state index in [0.717, 1.165) is 16.9 Å². The summed E-state index contributed by atoms with van der Waals surface area (Å²) in [5, 5.41) is 0. The molecular weight excluding hydrogens is 254 g/mol. The number of hydrogen-bond donors (Lipinski definition) is 1. The molecule has 0 amide bonds. The van der Waals surface area contributed by atoms with Gasteiger partial charge in [0.1, 0.15) is 12.4 Å². The van der Waals surface area contributed by atoms with Gasteiger partial charge in [-0.1, -0.05) is 24.3 Å². The van der Waals surface area contributed by atoms with Crippen LogP contribution in [-0.4, -0.2) is 13.1 Å². The monoisotopic (exact) mass is 271 g/mol. The van der Waals surface area contributed by atoms with E-state index in [1.54, 1.807) is 12.1 Å². The van der Waals surface area contributed by atoms with Gasteiger partial charge >= 0.3 is 5.97 Å². The molecule has 0 aromatic heterocycles. The van der Waals surface area contributed by atoms with Crippen LogP contribution in [0.4, 0.5) is 0 Å². The molecule has 0 spiro atoms. The topological polar surface area (TPSA) is 61.5 Å². The van der Waals surface area contributed by atoms with E-state index in [2.05, 4.69) is 4.74 Å². The van der Waals surface area contributed by atoms with Crippen molar-refractivity contribution in [2.75, 3.05) is 7.11 Å². The summed E-state index contributed by atoms with van der Waals surface area (Å²) in [7, 11) is 1.36. The lowest BCUT2D eigenvalue weighted by atomic mass is 10.1. The first kappa shape index (κ1) is 14.1. The molecule has 0 radical (unpaired) electrons. The van der Waals surface area contributed by atoms with Crippen LogP contribution in [0.1, 0.15) is 21.5 Å². The van der Waals surface area contributed by atoms with E-state index in [-0.39, 0.29) is 5.97 Å². The SMILES string of the molecule is COC(=O)c1ccc(COc2cccc(CN)c2)cc1. The Labute approximate surface area is 118 Å². The third-order valence-corrected chi connectivity index (χ3v) is 2.91. The molecule has 104 valence electrons. The predicted octanol–water partition coefficient (Wildman–Crippen LogP) is 2.51. The zero-order valence-electron chi connectivity index (χ0n) is 11.3. The molecule has 0 heterocycles. The Morgan fingerprint density at radius 3 is 2.50 bits per heavy atom. The van der Waals surface area contributed by atoms with E-state index in [9.17, 15) is 4.79 Å². The molecule has 0 aliphatic heterocycles. The zero-order chi connectivity index (χ0) is 14.4. The van der Waals surface area contributed by atoms with E-state index in [4.69, 9.17) is 10.5 Å². The van der Waals surface area contributed by atoms with Crippen LogP contribution in [0.2, 0.25) is 0 Å². The van der Waals surface area contributed by atoms with Crippen molar-refractivity contribution in [1.82, 2.24) is 0 Å². The van der Waals surface area contributed by atoms with E-state index in [0.29, 0.717) is 18.7 Å². The van der Waals surface area contributed by atoms with Gasteiger partial charge in [0, 0.05) is 6.54 Å². The molecule has 0 saturated carbocycles. The number of carbonyl (C=O) groups is 1. The maximum Gasteiger partial charge on any atom is 0.337 e. The number of carbonyl (C=O) groups excluding carboxylic acids is 1. The zero-order valence-corrected chi connectivity index (χ0v) is 11.3. The number of benzene rings is 2. The van der Waals surface area contributed by atoms with Gasteiger partial charge in [-0.15, -0.1) is 0 Å². The normalized spacial score (nSPS) is 10.1. The van der Waals surface area contributed by atoms with Crippen LogP contribution in [0.3, 0.4) is 0 Å². The van der Waals surface area contributed by atoms with Crippen LogP contribution >= 0.6 is 0 Å². The smallest absolute Gasteiger partial charge is 0.337 e. The molecule has 4 heteroatoms. The molecule has 2 N–H and O–H groups in total. The summed E-state index contributed by atoms with van der Waals surface area (Å²) >= 11 is 0. The first-order chi connectivity index (χ1) is 9.72. The number of nitrogens with two attached hydrogens (primary N) is 1. The van der Waals surface area contributed by atoms with Gasteiger partial charge < -0.3 is 15.2 Å². The van der Waals surface area contributed by atoms with E-state index < -0.39 is 0 Å². The quantitative estimate of drug-likeness (QED) is 0.849. The van der Waals surface area contributed by atoms with Crippen molar-refractivity contribution in [3.05, 3.63) is 65.2 Å². The first-order valence-corrected chi connectivity index (χ1v) is 6.32. The molecule has 0 aliphatic carbocycles. The Bertz CT molecular complexity index is 579. The Morgan fingerprint density at radius 1 is 1.10 bits per heavy atom. The van der Waals surface area contributed by atoms with Crippen molar-refractivity contribution in [2.45, 2.75) is 13.2 Å². The molecule has 0 fully saturated rings. The Balaban J connectivity index is 1.98. The van der Waals surface area contributed by atoms with Crippen LogP contribution in [0.25, 0.3) is 0 Å². The van der Waals surface area contributed by atoms with Crippen molar-refractivity contribution in [1.29, 1.82) is 0 Å². The highest BCUT2D eigenvalue weighted by Crippen LogP contribution is 2.15. The van der Waals surface area contributed by atoms with E-state index in [1.165, 1.54) is 7.11 Å². The lowest BCUT2D eigenvalue weighted by Gasteiger charge is -2.08. The molecular formula is C16H17NO3. The van der Waals surface area contributed by atoms with Gasteiger partial charge in [-0.25, -0.2) is 4.79 Å². The molecule has 2 rings (SSSR count). The maximum absolute atomic E-state index is 11.3. The van der Waals surface area contributed by atoms with Gasteiger partial charge in [0.25, 0.3) is 0 Å². The summed E-state index contributed by atoms with van der Waals surface area (Å²) in [6.45, 7) is 0.931. The second-order valence-electron chi connectivity index (χ2n) is 4.33. The predicted molar refractivity (Wildman–Crippen MR) is 76.4 cm³/mol. The lowest BCUT2D eigenvalue weighted by molar-refractivity contribution is 0.0600. The third-order valence-electron chi connectivity index (χ3n) is 2.91. The highest BCUT2D eigenvalue weighted by Gasteiger charge is 2.04. The number of esters is 1. The average molecular weight is 271 g/mol. The van der Waals surface area contributed by atoms with Crippen molar-refractivity contribution >= 4 is 5.97 Å². The summed E-state index contributed by atoms with van der Waals surface area (Å²) in [5.74, 6) is 0.443. The average Bonchev–Trinajstić information content (AvgIpc) is 2.53. The fourth-order valence-corrected chi connectivity index (χ4v) is 1.78. The van der Waals surface area contributed by atoms with E-state index >= 15 is 0 Å². The molecule has 0 atom stereocenters.